The SMILES string of the molecule is Oc1ccc(Cl)cc1Sc1cc(Cl)ccc1O.[Zn]. The number of phenolic OH excluding ortho intramolecular Hbond substituents is 2. The Balaban J connectivity index is 0.00000162. The average Bonchev–Trinajstić information content (AvgIpc) is 2.28. The van der Waals surface area contributed by atoms with Gasteiger partial charge in [-0.05, 0) is 36.4 Å². The zero-order chi connectivity index (χ0) is 12.4. The number of aromatic hydroxyl groups is 2. The number of hydrogen-bond acceptors (Lipinski definition) is 3. The fraction of sp³-hybridized carbons (Fsp3) is 0. The van der Waals surface area contributed by atoms with Crippen LogP contribution in [0.5, 0.6) is 11.5 Å². The van der Waals surface area contributed by atoms with Crippen LogP contribution in [0.15, 0.2) is 46.2 Å². The largest absolute Gasteiger partial charge is 0.507 e. The van der Waals surface area contributed by atoms with E-state index in [1.165, 1.54) is 23.9 Å². The summed E-state index contributed by atoms with van der Waals surface area (Å²) in [5.41, 5.74) is 0. The van der Waals surface area contributed by atoms with Gasteiger partial charge < -0.3 is 10.2 Å². The molecule has 0 aliphatic carbocycles. The van der Waals surface area contributed by atoms with Gasteiger partial charge in [0.25, 0.3) is 0 Å². The first-order valence-corrected chi connectivity index (χ1v) is 6.28. The second-order valence-corrected chi connectivity index (χ2v) is 5.28. The molecular formula is C12H8Cl2O2SZn. The van der Waals surface area contributed by atoms with Crippen LogP contribution >= 0.6 is 35.0 Å². The first-order valence-electron chi connectivity index (χ1n) is 4.71. The third kappa shape index (κ3) is 3.79. The van der Waals surface area contributed by atoms with Gasteiger partial charge in [0, 0.05) is 29.5 Å². The number of benzene rings is 2. The van der Waals surface area contributed by atoms with E-state index in [2.05, 4.69) is 0 Å². The van der Waals surface area contributed by atoms with Crippen LogP contribution in [-0.2, 0) is 19.5 Å². The van der Waals surface area contributed by atoms with Crippen LogP contribution in [-0.4, -0.2) is 10.2 Å². The standard InChI is InChI=1S/C12H8Cl2O2S.Zn/c13-7-1-3-9(15)11(5-7)17-12-6-8(14)2-4-10(12)16;/h1-6,15-16H;. The molecule has 6 heteroatoms. The molecule has 2 N–H and O–H groups in total. The van der Waals surface area contributed by atoms with Gasteiger partial charge in [0.05, 0.1) is 9.79 Å². The minimum absolute atomic E-state index is 0. The molecule has 0 heterocycles. The van der Waals surface area contributed by atoms with Crippen molar-refractivity contribution >= 4 is 35.0 Å². The molecule has 0 aliphatic rings. The van der Waals surface area contributed by atoms with Crippen LogP contribution in [0, 0.1) is 0 Å². The van der Waals surface area contributed by atoms with E-state index in [-0.39, 0.29) is 31.0 Å². The van der Waals surface area contributed by atoms with E-state index in [1.807, 2.05) is 0 Å². The number of halogens is 2. The summed E-state index contributed by atoms with van der Waals surface area (Å²) in [7, 11) is 0. The van der Waals surface area contributed by atoms with Gasteiger partial charge in [-0.15, -0.1) is 0 Å². The van der Waals surface area contributed by atoms with Gasteiger partial charge in [0.1, 0.15) is 11.5 Å². The third-order valence-electron chi connectivity index (χ3n) is 2.06. The Morgan fingerprint density at radius 3 is 1.56 bits per heavy atom. The van der Waals surface area contributed by atoms with Crippen LogP contribution in [0.1, 0.15) is 0 Å². The molecule has 2 rings (SSSR count). The number of hydrogen-bond donors (Lipinski definition) is 2. The van der Waals surface area contributed by atoms with E-state index in [0.717, 1.165) is 0 Å². The molecule has 2 aromatic rings. The van der Waals surface area contributed by atoms with Crippen LogP contribution in [0.4, 0.5) is 0 Å². The minimum atomic E-state index is 0. The maximum absolute atomic E-state index is 9.66. The second kappa shape index (κ2) is 6.67. The fourth-order valence-corrected chi connectivity index (χ4v) is 2.69. The third-order valence-corrected chi connectivity index (χ3v) is 3.63. The van der Waals surface area contributed by atoms with Gasteiger partial charge in [-0.3, -0.25) is 0 Å². The Kier molecular flexibility index (Phi) is 5.80. The van der Waals surface area contributed by atoms with Crippen LogP contribution in [0.25, 0.3) is 0 Å². The molecule has 0 amide bonds. The minimum Gasteiger partial charge on any atom is -0.507 e. The van der Waals surface area contributed by atoms with Gasteiger partial charge in [0.2, 0.25) is 0 Å². The van der Waals surface area contributed by atoms with Crippen molar-refractivity contribution in [2.24, 2.45) is 0 Å². The van der Waals surface area contributed by atoms with Crippen molar-refractivity contribution in [1.82, 2.24) is 0 Å². The summed E-state index contributed by atoms with van der Waals surface area (Å²) in [6.45, 7) is 0. The second-order valence-electron chi connectivity index (χ2n) is 3.33. The molecule has 0 atom stereocenters. The first kappa shape index (κ1) is 15.7. The van der Waals surface area contributed by atoms with Crippen molar-refractivity contribution in [1.29, 1.82) is 0 Å². The normalized spacial score (nSPS) is 9.89. The summed E-state index contributed by atoms with van der Waals surface area (Å²) in [6, 6.07) is 9.46. The summed E-state index contributed by atoms with van der Waals surface area (Å²) in [5.74, 6) is 0.220. The fourth-order valence-electron chi connectivity index (χ4n) is 1.26. The van der Waals surface area contributed by atoms with Gasteiger partial charge in [-0.1, -0.05) is 35.0 Å². The summed E-state index contributed by atoms with van der Waals surface area (Å²) in [5, 5.41) is 20.4. The first-order chi connectivity index (χ1) is 8.06. The predicted octanol–water partition coefficient (Wildman–Crippen LogP) is 4.55. The quantitative estimate of drug-likeness (QED) is 0.779. The molecule has 0 unspecified atom stereocenters. The molecule has 0 fully saturated rings. The Bertz CT molecular complexity index is 514. The molecule has 0 aromatic heterocycles. The molecule has 2 nitrogen and oxygen atoms in total. The topological polar surface area (TPSA) is 40.5 Å². The molecule has 2 aromatic carbocycles. The van der Waals surface area contributed by atoms with E-state index in [4.69, 9.17) is 23.2 Å². The summed E-state index contributed by atoms with van der Waals surface area (Å²) in [6.07, 6.45) is 0. The smallest absolute Gasteiger partial charge is 0.129 e. The molecular weight excluding hydrogens is 344 g/mol. The molecule has 0 radical (unpaired) electrons. The zero-order valence-electron chi connectivity index (χ0n) is 9.23. The van der Waals surface area contributed by atoms with Gasteiger partial charge >= 0.3 is 0 Å². The molecule has 0 saturated carbocycles. The summed E-state index contributed by atoms with van der Waals surface area (Å²) in [4.78, 5) is 1.13. The monoisotopic (exact) mass is 350 g/mol. The van der Waals surface area contributed by atoms with Gasteiger partial charge in [0.15, 0.2) is 0 Å². The zero-order valence-corrected chi connectivity index (χ0v) is 14.5. The van der Waals surface area contributed by atoms with E-state index in [9.17, 15) is 10.2 Å². The van der Waals surface area contributed by atoms with Crippen molar-refractivity contribution in [3.05, 3.63) is 46.4 Å². The number of phenols is 2. The van der Waals surface area contributed by atoms with E-state index < -0.39 is 0 Å². The average molecular weight is 353 g/mol. The molecule has 0 saturated heterocycles. The summed E-state index contributed by atoms with van der Waals surface area (Å²) >= 11 is 12.9. The van der Waals surface area contributed by atoms with Gasteiger partial charge in [-0.2, -0.15) is 0 Å². The van der Waals surface area contributed by atoms with E-state index in [1.54, 1.807) is 24.3 Å². The Morgan fingerprint density at radius 1 is 0.778 bits per heavy atom. The van der Waals surface area contributed by atoms with Gasteiger partial charge in [-0.25, -0.2) is 0 Å². The van der Waals surface area contributed by atoms with Crippen LogP contribution in [0.3, 0.4) is 0 Å². The Morgan fingerprint density at radius 2 is 1.17 bits per heavy atom. The molecule has 0 aliphatic heterocycles. The summed E-state index contributed by atoms with van der Waals surface area (Å²) < 4.78 is 0. The van der Waals surface area contributed by atoms with E-state index in [0.29, 0.717) is 19.8 Å². The maximum Gasteiger partial charge on any atom is 0.129 e. The Hall–Kier alpha value is -0.407. The van der Waals surface area contributed by atoms with Crippen LogP contribution in [0.2, 0.25) is 10.0 Å². The van der Waals surface area contributed by atoms with Crippen molar-refractivity contribution in [2.75, 3.05) is 0 Å². The number of rotatable bonds is 2. The molecule has 0 bridgehead atoms. The maximum atomic E-state index is 9.66. The molecule has 18 heavy (non-hydrogen) atoms. The van der Waals surface area contributed by atoms with Crippen molar-refractivity contribution in [2.45, 2.75) is 9.79 Å². The van der Waals surface area contributed by atoms with Crippen molar-refractivity contribution in [3.63, 3.8) is 0 Å². The molecule has 90 valence electrons. The molecule has 0 spiro atoms. The van der Waals surface area contributed by atoms with Crippen molar-refractivity contribution in [3.8, 4) is 11.5 Å². The predicted molar refractivity (Wildman–Crippen MR) is 70.4 cm³/mol. The Labute approximate surface area is 132 Å². The van der Waals surface area contributed by atoms with Crippen LogP contribution < -0.4 is 0 Å². The van der Waals surface area contributed by atoms with Crippen molar-refractivity contribution < 1.29 is 29.7 Å². The van der Waals surface area contributed by atoms with E-state index >= 15 is 0 Å².